The van der Waals surface area contributed by atoms with E-state index in [1.54, 1.807) is 0 Å². The first-order valence-electron chi connectivity index (χ1n) is 5.33. The minimum absolute atomic E-state index is 0.00611. The molecule has 1 aromatic heterocycles. The average Bonchev–Trinajstić information content (AvgIpc) is 2.35. The molecule has 0 amide bonds. The number of pyridine rings is 1. The number of nitrogens with one attached hydrogen (secondary N) is 2. The topological polar surface area (TPSA) is 92.4 Å². The molecule has 0 aromatic carbocycles. The predicted octanol–water partition coefficient (Wildman–Crippen LogP) is 0.805. The van der Waals surface area contributed by atoms with Crippen molar-refractivity contribution in [2.24, 2.45) is 5.84 Å². The van der Waals surface area contributed by atoms with Gasteiger partial charge in [0.25, 0.3) is 0 Å². The Bertz CT molecular complexity index is 414. The highest BCUT2D eigenvalue weighted by Gasteiger charge is 2.31. The zero-order valence-corrected chi connectivity index (χ0v) is 10.2. The van der Waals surface area contributed by atoms with Gasteiger partial charge in [-0.15, -0.1) is 0 Å². The van der Waals surface area contributed by atoms with Crippen LogP contribution in [-0.2, 0) is 10.9 Å². The maximum Gasteiger partial charge on any atom is 0.416 e. The second kappa shape index (κ2) is 6.55. The largest absolute Gasteiger partial charge is 0.416 e. The lowest BCUT2D eigenvalue weighted by atomic mass is 10.2. The minimum Gasteiger partial charge on any atom is -0.389 e. The zero-order valence-electron chi connectivity index (χ0n) is 10.2. The quantitative estimate of drug-likeness (QED) is 0.455. The molecule has 0 saturated carbocycles. The first-order valence-corrected chi connectivity index (χ1v) is 5.33. The maximum atomic E-state index is 12.6. The Morgan fingerprint density at radius 3 is 2.58 bits per heavy atom. The molecule has 19 heavy (non-hydrogen) atoms. The monoisotopic (exact) mass is 280 g/mol. The number of aliphatic hydroxyl groups excluding tert-OH is 1. The Kier molecular flexibility index (Phi) is 5.33. The molecule has 1 unspecified atom stereocenters. The third kappa shape index (κ3) is 4.89. The summed E-state index contributed by atoms with van der Waals surface area (Å²) in [5.41, 5.74) is 1.16. The van der Waals surface area contributed by atoms with E-state index < -0.39 is 17.8 Å². The Labute approximate surface area is 107 Å². The number of rotatable bonds is 6. The van der Waals surface area contributed by atoms with Gasteiger partial charge in [-0.1, -0.05) is 0 Å². The number of hydrogen-bond donors (Lipinski definition) is 4. The van der Waals surface area contributed by atoms with E-state index in [9.17, 15) is 18.3 Å². The van der Waals surface area contributed by atoms with E-state index in [2.05, 4.69) is 15.7 Å². The van der Waals surface area contributed by atoms with Crippen molar-refractivity contribution >= 4 is 11.6 Å². The average molecular weight is 280 g/mol. The second-order valence-corrected chi connectivity index (χ2v) is 3.76. The number of nitrogens with two attached hydrogens (primary N) is 1. The van der Waals surface area contributed by atoms with Crippen molar-refractivity contribution in [2.75, 3.05) is 31.0 Å². The number of alkyl halides is 3. The van der Waals surface area contributed by atoms with E-state index in [1.807, 2.05) is 0 Å². The molecule has 0 aliphatic carbocycles. The first-order chi connectivity index (χ1) is 8.86. The molecule has 0 aliphatic heterocycles. The van der Waals surface area contributed by atoms with Crippen molar-refractivity contribution in [1.82, 2.24) is 4.98 Å². The highest BCUT2D eigenvalue weighted by atomic mass is 19.4. The Morgan fingerprint density at radius 1 is 1.42 bits per heavy atom. The van der Waals surface area contributed by atoms with Crippen LogP contribution in [0.1, 0.15) is 5.56 Å². The number of nitrogen functional groups attached to an aromatic ring is 1. The first kappa shape index (κ1) is 15.5. The van der Waals surface area contributed by atoms with Crippen LogP contribution in [0.2, 0.25) is 0 Å². The summed E-state index contributed by atoms with van der Waals surface area (Å²) in [6, 6.07) is 1.62. The Hall–Kier alpha value is -1.58. The van der Waals surface area contributed by atoms with Gasteiger partial charge in [-0.05, 0) is 12.1 Å². The summed E-state index contributed by atoms with van der Waals surface area (Å²) in [5.74, 6) is 4.89. The van der Waals surface area contributed by atoms with Gasteiger partial charge in [0, 0.05) is 13.7 Å². The molecule has 5 N–H and O–H groups in total. The summed E-state index contributed by atoms with van der Waals surface area (Å²) >= 11 is 0. The van der Waals surface area contributed by atoms with Gasteiger partial charge in [0.1, 0.15) is 11.6 Å². The molecule has 9 heteroatoms. The smallest absolute Gasteiger partial charge is 0.389 e. The van der Waals surface area contributed by atoms with Crippen molar-refractivity contribution in [3.63, 3.8) is 0 Å². The van der Waals surface area contributed by atoms with Crippen LogP contribution < -0.4 is 16.6 Å². The number of methoxy groups -OCH3 is 1. The molecule has 1 atom stereocenters. The van der Waals surface area contributed by atoms with Gasteiger partial charge in [-0.3, -0.25) is 0 Å². The van der Waals surface area contributed by atoms with Crippen molar-refractivity contribution in [2.45, 2.75) is 12.3 Å². The molecular weight excluding hydrogens is 265 g/mol. The fourth-order valence-electron chi connectivity index (χ4n) is 1.33. The van der Waals surface area contributed by atoms with Gasteiger partial charge in [-0.25, -0.2) is 10.8 Å². The number of hydrogen-bond acceptors (Lipinski definition) is 6. The fraction of sp³-hybridized carbons (Fsp3) is 0.500. The van der Waals surface area contributed by atoms with Gasteiger partial charge in [0.15, 0.2) is 0 Å². The lowest BCUT2D eigenvalue weighted by Gasteiger charge is -2.14. The van der Waals surface area contributed by atoms with Crippen LogP contribution in [-0.4, -0.2) is 36.5 Å². The van der Waals surface area contributed by atoms with E-state index in [4.69, 9.17) is 10.6 Å². The number of aliphatic hydroxyl groups is 1. The number of hydrazine groups is 1. The molecule has 0 aliphatic rings. The number of halogens is 3. The molecule has 1 heterocycles. The van der Waals surface area contributed by atoms with Gasteiger partial charge in [0.2, 0.25) is 0 Å². The van der Waals surface area contributed by atoms with Crippen LogP contribution in [0.4, 0.5) is 24.8 Å². The van der Waals surface area contributed by atoms with Crippen LogP contribution in [0, 0.1) is 0 Å². The highest BCUT2D eigenvalue weighted by Crippen LogP contribution is 2.31. The zero-order chi connectivity index (χ0) is 14.5. The Morgan fingerprint density at radius 2 is 2.05 bits per heavy atom. The minimum atomic E-state index is -4.50. The Balaban J connectivity index is 2.83. The molecule has 0 fully saturated rings. The predicted molar refractivity (Wildman–Crippen MR) is 63.4 cm³/mol. The van der Waals surface area contributed by atoms with E-state index in [-0.39, 0.29) is 24.8 Å². The van der Waals surface area contributed by atoms with Crippen LogP contribution in [0.3, 0.4) is 0 Å². The van der Waals surface area contributed by atoms with Crippen molar-refractivity contribution in [1.29, 1.82) is 0 Å². The third-order valence-corrected chi connectivity index (χ3v) is 2.18. The molecule has 0 radical (unpaired) electrons. The molecular formula is C10H15F3N4O2. The van der Waals surface area contributed by atoms with Crippen LogP contribution in [0.5, 0.6) is 0 Å². The normalized spacial score (nSPS) is 13.2. The molecule has 1 aromatic rings. The van der Waals surface area contributed by atoms with Crippen LogP contribution >= 0.6 is 0 Å². The summed E-state index contributed by atoms with van der Waals surface area (Å²) in [7, 11) is 1.40. The highest BCUT2D eigenvalue weighted by molar-refractivity contribution is 5.49. The van der Waals surface area contributed by atoms with Crippen molar-refractivity contribution in [3.05, 3.63) is 17.7 Å². The number of aromatic nitrogens is 1. The summed E-state index contributed by atoms with van der Waals surface area (Å²) in [6.07, 6.45) is -5.36. The van der Waals surface area contributed by atoms with E-state index in [1.165, 1.54) is 7.11 Å². The summed E-state index contributed by atoms with van der Waals surface area (Å²) in [4.78, 5) is 3.80. The standard InChI is InChI=1S/C10H15F3N4O2/c1-19-5-7(18)4-15-8-2-6(10(11,12)13)3-9(16-8)17-14/h2-3,7,18H,4-5,14H2,1H3,(H2,15,16,17). The van der Waals surface area contributed by atoms with Gasteiger partial charge >= 0.3 is 6.18 Å². The van der Waals surface area contributed by atoms with Crippen molar-refractivity contribution in [3.8, 4) is 0 Å². The van der Waals surface area contributed by atoms with E-state index in [0.29, 0.717) is 0 Å². The van der Waals surface area contributed by atoms with Gasteiger partial charge in [-0.2, -0.15) is 13.2 Å². The summed E-state index contributed by atoms with van der Waals surface area (Å²) in [6.45, 7) is 0.0696. The van der Waals surface area contributed by atoms with Gasteiger partial charge < -0.3 is 20.6 Å². The van der Waals surface area contributed by atoms with E-state index >= 15 is 0 Å². The molecule has 0 saturated heterocycles. The maximum absolute atomic E-state index is 12.6. The molecule has 108 valence electrons. The lowest BCUT2D eigenvalue weighted by molar-refractivity contribution is -0.137. The van der Waals surface area contributed by atoms with Crippen LogP contribution in [0.25, 0.3) is 0 Å². The summed E-state index contributed by atoms with van der Waals surface area (Å²) < 4.78 is 42.5. The second-order valence-electron chi connectivity index (χ2n) is 3.76. The summed E-state index contributed by atoms with van der Waals surface area (Å²) in [5, 5.41) is 12.0. The van der Waals surface area contributed by atoms with Gasteiger partial charge in [0.05, 0.1) is 18.3 Å². The lowest BCUT2D eigenvalue weighted by Crippen LogP contribution is -2.25. The van der Waals surface area contributed by atoms with Crippen LogP contribution in [0.15, 0.2) is 12.1 Å². The molecule has 6 nitrogen and oxygen atoms in total. The molecule has 0 spiro atoms. The van der Waals surface area contributed by atoms with Crippen molar-refractivity contribution < 1.29 is 23.0 Å². The molecule has 0 bridgehead atoms. The SMILES string of the molecule is COCC(O)CNc1cc(C(F)(F)F)cc(NN)n1. The number of anilines is 2. The number of ether oxygens (including phenoxy) is 1. The fourth-order valence-corrected chi connectivity index (χ4v) is 1.33. The third-order valence-electron chi connectivity index (χ3n) is 2.18. The number of nitrogens with zero attached hydrogens (tertiary/aromatic N) is 1. The molecule has 1 rings (SSSR count). The van der Waals surface area contributed by atoms with E-state index in [0.717, 1.165) is 12.1 Å².